The third-order valence-electron chi connectivity index (χ3n) is 8.58. The average Bonchev–Trinajstić information content (AvgIpc) is 3.09. The third kappa shape index (κ3) is 3.62. The maximum Gasteiger partial charge on any atom is 0.210 e. The van der Waals surface area contributed by atoms with Crippen molar-refractivity contribution in [3.63, 3.8) is 0 Å². The highest BCUT2D eigenvalue weighted by Crippen LogP contribution is 2.64. The van der Waals surface area contributed by atoms with Crippen molar-refractivity contribution in [2.24, 2.45) is 29.4 Å². The summed E-state index contributed by atoms with van der Waals surface area (Å²) in [5.74, 6) is 3.07. The normalized spacial score (nSPS) is 43.8. The largest absolute Gasteiger partial charge is 0.492 e. The summed E-state index contributed by atoms with van der Waals surface area (Å²) >= 11 is 0. The Morgan fingerprint density at radius 2 is 1.68 bits per heavy atom. The van der Waals surface area contributed by atoms with Gasteiger partial charge in [0.25, 0.3) is 0 Å². The number of nitrogens with two attached hydrogens (primary N) is 1. The molecule has 1 aromatic carbocycles. The Bertz CT molecular complexity index is 788. The Hall–Kier alpha value is -1.14. The summed E-state index contributed by atoms with van der Waals surface area (Å²) < 4.78 is 12.8. The van der Waals surface area contributed by atoms with E-state index in [0.717, 1.165) is 43.3 Å². The van der Waals surface area contributed by atoms with Gasteiger partial charge in [-0.3, -0.25) is 0 Å². The van der Waals surface area contributed by atoms with E-state index in [-0.39, 0.29) is 5.54 Å². The fraction of sp³-hybridized carbons (Fsp3) is 0.769. The predicted molar refractivity (Wildman–Crippen MR) is 117 cm³/mol. The van der Waals surface area contributed by atoms with Crippen LogP contribution in [-0.2, 0) is 14.5 Å². The number of benzene rings is 1. The lowest BCUT2D eigenvalue weighted by Gasteiger charge is -2.57. The summed E-state index contributed by atoms with van der Waals surface area (Å²) in [7, 11) is 0. The van der Waals surface area contributed by atoms with Gasteiger partial charge < -0.3 is 15.2 Å². The van der Waals surface area contributed by atoms with Crippen molar-refractivity contribution >= 4 is 0 Å². The van der Waals surface area contributed by atoms with Crippen molar-refractivity contribution in [3.8, 4) is 5.75 Å². The lowest BCUT2D eigenvalue weighted by molar-refractivity contribution is -0.390. The maximum absolute atomic E-state index is 6.92. The SMILES string of the molecule is CC(C)(N)COc1ccc(C2CCC[C@]3(C2)OOC2(O3)C3CC4CC(C3)CC2C4)cc1. The molecule has 7 rings (SSSR count). The van der Waals surface area contributed by atoms with Crippen LogP contribution in [0.25, 0.3) is 0 Å². The van der Waals surface area contributed by atoms with E-state index in [4.69, 9.17) is 25.0 Å². The molecule has 31 heavy (non-hydrogen) atoms. The van der Waals surface area contributed by atoms with Crippen molar-refractivity contribution in [2.45, 2.75) is 94.7 Å². The molecule has 2 N–H and O–H groups in total. The van der Waals surface area contributed by atoms with Crippen LogP contribution in [0.5, 0.6) is 5.75 Å². The summed E-state index contributed by atoms with van der Waals surface area (Å²) in [6.07, 6.45) is 10.5. The molecule has 2 atom stereocenters. The van der Waals surface area contributed by atoms with E-state index in [1.807, 2.05) is 13.8 Å². The van der Waals surface area contributed by atoms with Crippen LogP contribution >= 0.6 is 0 Å². The van der Waals surface area contributed by atoms with Crippen LogP contribution in [0.3, 0.4) is 0 Å². The van der Waals surface area contributed by atoms with Gasteiger partial charge in [-0.15, -0.1) is 0 Å². The molecule has 170 valence electrons. The van der Waals surface area contributed by atoms with Gasteiger partial charge in [0.2, 0.25) is 11.6 Å². The first-order valence-electron chi connectivity index (χ1n) is 12.4. The molecule has 5 heteroatoms. The number of rotatable bonds is 4. The van der Waals surface area contributed by atoms with Crippen molar-refractivity contribution < 1.29 is 19.2 Å². The Morgan fingerprint density at radius 3 is 2.32 bits per heavy atom. The minimum atomic E-state index is -0.572. The minimum absolute atomic E-state index is 0.334. The van der Waals surface area contributed by atoms with E-state index in [1.54, 1.807) is 0 Å². The van der Waals surface area contributed by atoms with E-state index in [1.165, 1.54) is 37.7 Å². The molecule has 1 heterocycles. The van der Waals surface area contributed by atoms with E-state index in [9.17, 15) is 0 Å². The summed E-state index contributed by atoms with van der Waals surface area (Å²) in [4.78, 5) is 12.4. The van der Waals surface area contributed by atoms with Crippen LogP contribution < -0.4 is 10.5 Å². The molecule has 1 aliphatic heterocycles. The summed E-state index contributed by atoms with van der Waals surface area (Å²) in [6.45, 7) is 4.45. The monoisotopic (exact) mass is 427 g/mol. The number of hydrogen-bond donors (Lipinski definition) is 1. The van der Waals surface area contributed by atoms with Crippen LogP contribution in [0.2, 0.25) is 0 Å². The second-order valence-corrected chi connectivity index (χ2v) is 11.8. The topological polar surface area (TPSA) is 62.9 Å². The van der Waals surface area contributed by atoms with E-state index in [2.05, 4.69) is 24.3 Å². The first-order valence-corrected chi connectivity index (χ1v) is 12.4. The minimum Gasteiger partial charge on any atom is -0.492 e. The lowest BCUT2D eigenvalue weighted by Crippen LogP contribution is -2.59. The van der Waals surface area contributed by atoms with Crippen molar-refractivity contribution in [1.29, 1.82) is 0 Å². The summed E-state index contributed by atoms with van der Waals surface area (Å²) in [6, 6.07) is 8.51. The molecule has 5 nitrogen and oxygen atoms in total. The Labute approximate surface area is 185 Å². The van der Waals surface area contributed by atoms with Gasteiger partial charge in [0.05, 0.1) is 0 Å². The van der Waals surface area contributed by atoms with Crippen LogP contribution in [0.1, 0.15) is 83.1 Å². The second kappa shape index (κ2) is 7.18. The number of hydrogen-bond acceptors (Lipinski definition) is 5. The van der Waals surface area contributed by atoms with E-state index in [0.29, 0.717) is 24.4 Å². The fourth-order valence-electron chi connectivity index (χ4n) is 7.37. The molecular weight excluding hydrogens is 390 g/mol. The smallest absolute Gasteiger partial charge is 0.210 e. The quantitative estimate of drug-likeness (QED) is 0.662. The molecule has 0 radical (unpaired) electrons. The molecule has 4 bridgehead atoms. The first kappa shape index (κ1) is 20.5. The van der Waals surface area contributed by atoms with E-state index >= 15 is 0 Å². The summed E-state index contributed by atoms with van der Waals surface area (Å²) in [5.41, 5.74) is 7.03. The van der Waals surface area contributed by atoms with Gasteiger partial charge in [-0.2, -0.15) is 9.78 Å². The molecule has 6 fully saturated rings. The third-order valence-corrected chi connectivity index (χ3v) is 8.58. The van der Waals surface area contributed by atoms with Gasteiger partial charge >= 0.3 is 0 Å². The highest BCUT2D eigenvalue weighted by molar-refractivity contribution is 5.30. The highest BCUT2D eigenvalue weighted by atomic mass is 17.3. The fourth-order valence-corrected chi connectivity index (χ4v) is 7.37. The summed E-state index contributed by atoms with van der Waals surface area (Å²) in [5, 5.41) is 0. The highest BCUT2D eigenvalue weighted by Gasteiger charge is 2.67. The van der Waals surface area contributed by atoms with Crippen molar-refractivity contribution in [2.75, 3.05) is 6.61 Å². The molecule has 1 unspecified atom stereocenters. The predicted octanol–water partition coefficient (Wildman–Crippen LogP) is 5.29. The molecule has 1 aromatic rings. The number of ether oxygens (including phenoxy) is 2. The zero-order valence-corrected chi connectivity index (χ0v) is 19.0. The molecule has 1 saturated heterocycles. The van der Waals surface area contributed by atoms with Crippen molar-refractivity contribution in [1.82, 2.24) is 0 Å². The van der Waals surface area contributed by atoms with Gasteiger partial charge in [0.1, 0.15) is 12.4 Å². The van der Waals surface area contributed by atoms with E-state index < -0.39 is 11.6 Å². The second-order valence-electron chi connectivity index (χ2n) is 11.8. The van der Waals surface area contributed by atoms with Gasteiger partial charge in [-0.25, -0.2) is 0 Å². The first-order chi connectivity index (χ1) is 14.8. The molecule has 2 spiro atoms. The van der Waals surface area contributed by atoms with Gasteiger partial charge in [-0.1, -0.05) is 12.1 Å². The Balaban J connectivity index is 1.15. The van der Waals surface area contributed by atoms with Crippen LogP contribution in [0.4, 0.5) is 0 Å². The molecule has 6 aliphatic rings. The molecule has 0 aromatic heterocycles. The Kier molecular flexibility index (Phi) is 4.74. The zero-order chi connectivity index (χ0) is 21.3. The van der Waals surface area contributed by atoms with Gasteiger partial charge in [-0.05, 0) is 94.2 Å². The Morgan fingerprint density at radius 1 is 1.00 bits per heavy atom. The molecule has 0 amide bonds. The molecular formula is C26H37NO4. The lowest BCUT2D eigenvalue weighted by atomic mass is 9.53. The van der Waals surface area contributed by atoms with Gasteiger partial charge in [0.15, 0.2) is 0 Å². The standard InChI is InChI=1S/C26H37NO4/c1-24(2,27)16-28-23-7-5-19(6-8-23)20-4-3-9-25(15-20)29-26(31-30-25)21-11-17-10-18(13-21)14-22(26)12-17/h5-8,17-18,20-22H,3-4,9-16,27H2,1-2H3/t17?,18?,20?,21?,22?,25-,26?/m1/s1. The van der Waals surface area contributed by atoms with Gasteiger partial charge in [0, 0.05) is 30.2 Å². The van der Waals surface area contributed by atoms with Crippen LogP contribution in [-0.4, -0.2) is 23.7 Å². The maximum atomic E-state index is 6.92. The van der Waals surface area contributed by atoms with Crippen LogP contribution in [0.15, 0.2) is 24.3 Å². The molecule has 5 saturated carbocycles. The van der Waals surface area contributed by atoms with Crippen molar-refractivity contribution in [3.05, 3.63) is 29.8 Å². The molecule has 5 aliphatic carbocycles. The average molecular weight is 428 g/mol. The van der Waals surface area contributed by atoms with Crippen LogP contribution in [0, 0.1) is 23.7 Å². The zero-order valence-electron chi connectivity index (χ0n) is 19.0.